The summed E-state index contributed by atoms with van der Waals surface area (Å²) in [4.78, 5) is 29.8. The number of hydrogen-bond acceptors (Lipinski definition) is 5. The van der Waals surface area contributed by atoms with E-state index in [1.54, 1.807) is 6.08 Å². The van der Waals surface area contributed by atoms with Crippen molar-refractivity contribution in [3.8, 4) is 0 Å². The van der Waals surface area contributed by atoms with Gasteiger partial charge in [-0.05, 0) is 69.1 Å². The Morgan fingerprint density at radius 2 is 1.74 bits per heavy atom. The van der Waals surface area contributed by atoms with E-state index in [-0.39, 0.29) is 18.2 Å². The Morgan fingerprint density at radius 3 is 2.50 bits per heavy atom. The van der Waals surface area contributed by atoms with Gasteiger partial charge >= 0.3 is 6.03 Å². The minimum Gasteiger partial charge on any atom is -0.376 e. The second-order valence-electron chi connectivity index (χ2n) is 10.6. The Morgan fingerprint density at radius 1 is 0.974 bits per heavy atom. The number of urea groups is 1. The molecule has 4 rings (SSSR count). The molecule has 0 heterocycles. The van der Waals surface area contributed by atoms with Crippen molar-refractivity contribution in [2.45, 2.75) is 83.5 Å². The van der Waals surface area contributed by atoms with Gasteiger partial charge in [0.15, 0.2) is 0 Å². The number of hydrogen-bond donors (Lipinski definition) is 1. The predicted octanol–water partition coefficient (Wildman–Crippen LogP) is 6.92. The number of rotatable bonds is 11. The molecule has 0 unspecified atom stereocenters. The van der Waals surface area contributed by atoms with Gasteiger partial charge in [-0.15, -0.1) is 0 Å². The molecule has 0 aromatic heterocycles. The van der Waals surface area contributed by atoms with Gasteiger partial charge in [0.05, 0.1) is 31.1 Å². The maximum absolute atomic E-state index is 13.1. The number of benzene rings is 2. The zero-order valence-corrected chi connectivity index (χ0v) is 22.6. The molecule has 2 fully saturated rings. The summed E-state index contributed by atoms with van der Waals surface area (Å²) in [5.41, 5.74) is 3.31. The molecule has 204 valence electrons. The van der Waals surface area contributed by atoms with Crippen molar-refractivity contribution in [3.05, 3.63) is 59.7 Å². The highest BCUT2D eigenvalue weighted by Crippen LogP contribution is 2.28. The van der Waals surface area contributed by atoms with Crippen LogP contribution in [0.25, 0.3) is 0 Å². The van der Waals surface area contributed by atoms with Gasteiger partial charge in [0, 0.05) is 24.3 Å². The van der Waals surface area contributed by atoms with E-state index < -0.39 is 0 Å². The van der Waals surface area contributed by atoms with Gasteiger partial charge in [-0.2, -0.15) is 4.99 Å². The molecule has 2 amide bonds. The molecule has 0 aliphatic heterocycles. The van der Waals surface area contributed by atoms with Gasteiger partial charge in [-0.25, -0.2) is 9.59 Å². The van der Waals surface area contributed by atoms with Gasteiger partial charge < -0.3 is 19.7 Å². The third kappa shape index (κ3) is 8.52. The fraction of sp³-hybridized carbons (Fsp3) is 0.548. The zero-order valence-electron chi connectivity index (χ0n) is 22.6. The first-order chi connectivity index (χ1) is 18.6. The van der Waals surface area contributed by atoms with E-state index in [1.807, 2.05) is 60.4 Å². The Kier molecular flexibility index (Phi) is 10.9. The number of para-hydroxylation sites is 2. The third-order valence-corrected chi connectivity index (χ3v) is 7.76. The predicted molar refractivity (Wildman–Crippen MR) is 149 cm³/mol. The first kappa shape index (κ1) is 28.0. The lowest BCUT2D eigenvalue weighted by atomic mass is 9.89. The summed E-state index contributed by atoms with van der Waals surface area (Å²) in [6.07, 6.45) is 11.9. The number of ether oxygens (including phenoxy) is 2. The van der Waals surface area contributed by atoms with E-state index in [0.29, 0.717) is 31.4 Å². The minimum absolute atomic E-state index is 0.0535. The molecule has 2 aromatic rings. The van der Waals surface area contributed by atoms with E-state index in [4.69, 9.17) is 9.47 Å². The number of carbonyl (C=O) groups excluding carboxylic acids is 2. The van der Waals surface area contributed by atoms with Crippen molar-refractivity contribution in [1.82, 2.24) is 4.90 Å². The maximum atomic E-state index is 13.1. The van der Waals surface area contributed by atoms with E-state index in [0.717, 1.165) is 49.0 Å². The van der Waals surface area contributed by atoms with Crippen molar-refractivity contribution < 1.29 is 19.1 Å². The van der Waals surface area contributed by atoms with Crippen LogP contribution in [0.2, 0.25) is 0 Å². The molecule has 7 nitrogen and oxygen atoms in total. The number of aliphatic imine (C=N–C) groups is 1. The molecule has 2 atom stereocenters. The molecule has 2 saturated carbocycles. The van der Waals surface area contributed by atoms with Gasteiger partial charge in [0.2, 0.25) is 6.08 Å². The number of anilines is 1. The molecular formula is C31H41N3O4. The normalized spacial score (nSPS) is 19.9. The van der Waals surface area contributed by atoms with Crippen LogP contribution >= 0.6 is 0 Å². The molecule has 7 heteroatoms. The average Bonchev–Trinajstić information content (AvgIpc) is 2.94. The summed E-state index contributed by atoms with van der Waals surface area (Å²) >= 11 is 0. The van der Waals surface area contributed by atoms with Crippen molar-refractivity contribution in [2.75, 3.05) is 25.0 Å². The number of isocyanates is 1. The molecule has 1 N–H and O–H groups in total. The first-order valence-electron chi connectivity index (χ1n) is 14.1. The summed E-state index contributed by atoms with van der Waals surface area (Å²) in [6, 6.07) is 15.4. The first-order valence-corrected chi connectivity index (χ1v) is 14.1. The summed E-state index contributed by atoms with van der Waals surface area (Å²) in [6.45, 7) is 4.21. The van der Waals surface area contributed by atoms with Crippen molar-refractivity contribution >= 4 is 23.5 Å². The molecule has 0 spiro atoms. The standard InChI is InChI=1S/C31H41N3O4/c1-24-10-8-13-26(30(24)32-23-35)22-38-29-17-9-16-28(20-29)37-19-18-34(21-25-11-4-2-5-12-25)31(36)33-27-14-6-3-7-15-27/h3,6-8,10,13-15,25,28-29H,2,4-5,9,11-12,16-22H2,1H3,(H,33,36)/t28-,29+/m0/s1. The molecule has 2 aliphatic carbocycles. The average molecular weight is 520 g/mol. The van der Waals surface area contributed by atoms with Crippen LogP contribution in [-0.2, 0) is 20.9 Å². The SMILES string of the molecule is Cc1cccc(CO[C@@H]2CCC[C@H](OCCN(CC3CCCCC3)C(=O)Nc3ccccc3)C2)c1N=C=O. The number of carbonyl (C=O) groups is 1. The van der Waals surface area contributed by atoms with Crippen LogP contribution in [0.4, 0.5) is 16.2 Å². The van der Waals surface area contributed by atoms with Crippen LogP contribution in [0.5, 0.6) is 0 Å². The molecule has 0 saturated heterocycles. The van der Waals surface area contributed by atoms with E-state index in [9.17, 15) is 9.59 Å². The van der Waals surface area contributed by atoms with E-state index >= 15 is 0 Å². The van der Waals surface area contributed by atoms with Crippen LogP contribution in [0, 0.1) is 12.8 Å². The molecule has 0 bridgehead atoms. The van der Waals surface area contributed by atoms with Crippen molar-refractivity contribution in [1.29, 1.82) is 0 Å². The summed E-state index contributed by atoms with van der Waals surface area (Å²) < 4.78 is 12.5. The van der Waals surface area contributed by atoms with Crippen molar-refractivity contribution in [2.24, 2.45) is 10.9 Å². The smallest absolute Gasteiger partial charge is 0.321 e. The minimum atomic E-state index is -0.0535. The Labute approximate surface area is 226 Å². The van der Waals surface area contributed by atoms with E-state index in [1.165, 1.54) is 32.1 Å². The Balaban J connectivity index is 1.27. The summed E-state index contributed by atoms with van der Waals surface area (Å²) in [5, 5.41) is 3.06. The largest absolute Gasteiger partial charge is 0.376 e. The summed E-state index contributed by atoms with van der Waals surface area (Å²) in [7, 11) is 0. The molecule has 38 heavy (non-hydrogen) atoms. The second-order valence-corrected chi connectivity index (χ2v) is 10.6. The number of nitrogens with zero attached hydrogens (tertiary/aromatic N) is 2. The summed E-state index contributed by atoms with van der Waals surface area (Å²) in [5.74, 6) is 0.563. The molecular weight excluding hydrogens is 478 g/mol. The lowest BCUT2D eigenvalue weighted by Crippen LogP contribution is -2.41. The quantitative estimate of drug-likeness (QED) is 0.258. The Hall–Kier alpha value is -2.99. The van der Waals surface area contributed by atoms with Crippen molar-refractivity contribution in [3.63, 3.8) is 0 Å². The zero-order chi connectivity index (χ0) is 26.6. The van der Waals surface area contributed by atoms with Gasteiger partial charge in [-0.3, -0.25) is 0 Å². The number of aryl methyl sites for hydroxylation is 1. The Bertz CT molecular complexity index is 1060. The van der Waals surface area contributed by atoms with Crippen LogP contribution in [0.15, 0.2) is 53.5 Å². The lowest BCUT2D eigenvalue weighted by molar-refractivity contribution is -0.0523. The second kappa shape index (κ2) is 14.8. The topological polar surface area (TPSA) is 80.2 Å². The fourth-order valence-electron chi connectivity index (χ4n) is 5.67. The fourth-order valence-corrected chi connectivity index (χ4v) is 5.67. The highest BCUT2D eigenvalue weighted by Gasteiger charge is 2.25. The van der Waals surface area contributed by atoms with Gasteiger partial charge in [-0.1, -0.05) is 55.7 Å². The highest BCUT2D eigenvalue weighted by atomic mass is 16.5. The van der Waals surface area contributed by atoms with Crippen LogP contribution in [-0.4, -0.2) is 48.9 Å². The lowest BCUT2D eigenvalue weighted by Gasteiger charge is -2.32. The highest BCUT2D eigenvalue weighted by molar-refractivity contribution is 5.89. The molecule has 2 aromatic carbocycles. The number of amides is 2. The molecule has 0 radical (unpaired) electrons. The van der Waals surface area contributed by atoms with Crippen LogP contribution in [0.1, 0.15) is 68.9 Å². The monoisotopic (exact) mass is 519 g/mol. The van der Waals surface area contributed by atoms with Crippen LogP contribution < -0.4 is 5.32 Å². The maximum Gasteiger partial charge on any atom is 0.321 e. The van der Waals surface area contributed by atoms with Crippen LogP contribution in [0.3, 0.4) is 0 Å². The van der Waals surface area contributed by atoms with Gasteiger partial charge in [0.1, 0.15) is 0 Å². The molecule has 2 aliphatic rings. The third-order valence-electron chi connectivity index (χ3n) is 7.76. The van der Waals surface area contributed by atoms with Gasteiger partial charge in [0.25, 0.3) is 0 Å². The number of nitrogens with one attached hydrogen (secondary N) is 1. The van der Waals surface area contributed by atoms with E-state index in [2.05, 4.69) is 10.3 Å².